The minimum atomic E-state index is -0.954. The summed E-state index contributed by atoms with van der Waals surface area (Å²) in [6, 6.07) is 0. The lowest BCUT2D eigenvalue weighted by Gasteiger charge is -2.16. The summed E-state index contributed by atoms with van der Waals surface area (Å²) >= 11 is 0. The molecule has 0 aromatic heterocycles. The molecule has 4 heteroatoms. The summed E-state index contributed by atoms with van der Waals surface area (Å²) in [6.07, 6.45) is 5.57. The minimum absolute atomic E-state index is 0.221. The van der Waals surface area contributed by atoms with Gasteiger partial charge in [-0.15, -0.1) is 0 Å². The van der Waals surface area contributed by atoms with Gasteiger partial charge in [0, 0.05) is 11.1 Å². The fourth-order valence-corrected chi connectivity index (χ4v) is 1.90. The third-order valence-corrected chi connectivity index (χ3v) is 3.28. The van der Waals surface area contributed by atoms with Gasteiger partial charge in [0.15, 0.2) is 0 Å². The van der Waals surface area contributed by atoms with Gasteiger partial charge < -0.3 is 10.2 Å². The standard InChI is InChI=1S/C15H24O4/c1-4-5-6-13(9-7-11(2)14(16)17)10-8-12(3)15(18)19/h13H,2-10H2,1H3,(H,16,17)(H,18,19). The molecule has 0 heterocycles. The second-order valence-corrected chi connectivity index (χ2v) is 4.90. The Kier molecular flexibility index (Phi) is 8.58. The number of carbonyl (C=O) groups is 2. The number of hydrogen-bond acceptors (Lipinski definition) is 2. The number of carboxylic acids is 2. The van der Waals surface area contributed by atoms with E-state index in [0.717, 1.165) is 32.1 Å². The summed E-state index contributed by atoms with van der Waals surface area (Å²) in [5, 5.41) is 17.5. The van der Waals surface area contributed by atoms with Gasteiger partial charge in [0.1, 0.15) is 0 Å². The molecule has 0 saturated heterocycles. The number of hydrogen-bond donors (Lipinski definition) is 2. The lowest BCUT2D eigenvalue weighted by atomic mass is 9.89. The average Bonchev–Trinajstić information content (AvgIpc) is 2.36. The van der Waals surface area contributed by atoms with E-state index in [4.69, 9.17) is 10.2 Å². The molecule has 0 fully saturated rings. The number of rotatable bonds is 11. The first-order chi connectivity index (χ1) is 8.88. The molecule has 0 aromatic rings. The molecule has 0 atom stereocenters. The van der Waals surface area contributed by atoms with E-state index >= 15 is 0 Å². The molecule has 0 aliphatic carbocycles. The lowest BCUT2D eigenvalue weighted by Crippen LogP contribution is -2.07. The molecule has 0 aliphatic rings. The highest BCUT2D eigenvalue weighted by Gasteiger charge is 2.13. The Bertz CT molecular complexity index is 314. The van der Waals surface area contributed by atoms with Gasteiger partial charge in [-0.1, -0.05) is 39.3 Å². The minimum Gasteiger partial charge on any atom is -0.478 e. The third kappa shape index (κ3) is 8.19. The highest BCUT2D eigenvalue weighted by molar-refractivity contribution is 5.86. The lowest BCUT2D eigenvalue weighted by molar-refractivity contribution is -0.133. The van der Waals surface area contributed by atoms with Gasteiger partial charge in [-0.2, -0.15) is 0 Å². The molecule has 0 radical (unpaired) electrons. The topological polar surface area (TPSA) is 74.6 Å². The molecule has 0 aromatic carbocycles. The number of unbranched alkanes of at least 4 members (excludes halogenated alkanes) is 1. The van der Waals surface area contributed by atoms with E-state index in [1.807, 2.05) is 0 Å². The maximum absolute atomic E-state index is 10.7. The second-order valence-electron chi connectivity index (χ2n) is 4.90. The van der Waals surface area contributed by atoms with Gasteiger partial charge in [-0.05, 0) is 31.6 Å². The van der Waals surface area contributed by atoms with E-state index < -0.39 is 11.9 Å². The van der Waals surface area contributed by atoms with Gasteiger partial charge in [-0.3, -0.25) is 0 Å². The molecular weight excluding hydrogens is 244 g/mol. The van der Waals surface area contributed by atoms with Crippen molar-refractivity contribution in [2.45, 2.75) is 51.9 Å². The zero-order valence-corrected chi connectivity index (χ0v) is 11.7. The highest BCUT2D eigenvalue weighted by Crippen LogP contribution is 2.24. The van der Waals surface area contributed by atoms with Crippen LogP contribution >= 0.6 is 0 Å². The van der Waals surface area contributed by atoms with Crippen LogP contribution in [0.4, 0.5) is 0 Å². The molecule has 0 aliphatic heterocycles. The van der Waals surface area contributed by atoms with Crippen LogP contribution < -0.4 is 0 Å². The third-order valence-electron chi connectivity index (χ3n) is 3.28. The van der Waals surface area contributed by atoms with Crippen molar-refractivity contribution in [2.75, 3.05) is 0 Å². The van der Waals surface area contributed by atoms with E-state index in [1.165, 1.54) is 0 Å². The highest BCUT2D eigenvalue weighted by atomic mass is 16.4. The first-order valence-electron chi connectivity index (χ1n) is 6.70. The normalized spacial score (nSPS) is 10.4. The number of aliphatic carboxylic acids is 2. The molecule has 0 amide bonds. The second kappa shape index (κ2) is 9.36. The smallest absolute Gasteiger partial charge is 0.330 e. The Morgan fingerprint density at radius 1 is 0.947 bits per heavy atom. The van der Waals surface area contributed by atoms with E-state index in [1.54, 1.807) is 0 Å². The summed E-state index contributed by atoms with van der Waals surface area (Å²) < 4.78 is 0. The molecule has 19 heavy (non-hydrogen) atoms. The Balaban J connectivity index is 4.22. The number of carboxylic acid groups (broad SMARTS) is 2. The van der Waals surface area contributed by atoms with Gasteiger partial charge in [-0.25, -0.2) is 9.59 Å². The van der Waals surface area contributed by atoms with Gasteiger partial charge in [0.05, 0.1) is 0 Å². The maximum atomic E-state index is 10.7. The predicted molar refractivity (Wildman–Crippen MR) is 75.0 cm³/mol. The van der Waals surface area contributed by atoms with Crippen LogP contribution in [-0.2, 0) is 9.59 Å². The SMILES string of the molecule is C=C(CCC(CCCC)CCC(=C)C(=O)O)C(=O)O. The first-order valence-corrected chi connectivity index (χ1v) is 6.70. The van der Waals surface area contributed by atoms with E-state index in [-0.39, 0.29) is 11.1 Å². The van der Waals surface area contributed by atoms with Crippen molar-refractivity contribution in [3.8, 4) is 0 Å². The van der Waals surface area contributed by atoms with Crippen LogP contribution in [0.5, 0.6) is 0 Å². The van der Waals surface area contributed by atoms with Gasteiger partial charge >= 0.3 is 11.9 Å². The molecule has 2 N–H and O–H groups in total. The van der Waals surface area contributed by atoms with Crippen LogP contribution in [0.3, 0.4) is 0 Å². The van der Waals surface area contributed by atoms with Crippen molar-refractivity contribution < 1.29 is 19.8 Å². The van der Waals surface area contributed by atoms with Crippen LogP contribution in [0.1, 0.15) is 51.9 Å². The Morgan fingerprint density at radius 2 is 1.37 bits per heavy atom. The van der Waals surface area contributed by atoms with Crippen molar-refractivity contribution >= 4 is 11.9 Å². The Hall–Kier alpha value is -1.58. The Labute approximate surface area is 114 Å². The maximum Gasteiger partial charge on any atom is 0.330 e. The zero-order valence-electron chi connectivity index (χ0n) is 11.7. The van der Waals surface area contributed by atoms with Crippen molar-refractivity contribution in [1.29, 1.82) is 0 Å². The quantitative estimate of drug-likeness (QED) is 0.561. The van der Waals surface area contributed by atoms with Gasteiger partial charge in [0.2, 0.25) is 0 Å². The summed E-state index contributed by atoms with van der Waals surface area (Å²) in [6.45, 7) is 9.14. The molecule has 0 bridgehead atoms. The molecule has 4 nitrogen and oxygen atoms in total. The van der Waals surface area contributed by atoms with E-state index in [2.05, 4.69) is 20.1 Å². The zero-order chi connectivity index (χ0) is 14.8. The van der Waals surface area contributed by atoms with Crippen molar-refractivity contribution in [2.24, 2.45) is 5.92 Å². The molecule has 108 valence electrons. The first kappa shape index (κ1) is 17.4. The van der Waals surface area contributed by atoms with Crippen molar-refractivity contribution in [3.63, 3.8) is 0 Å². The van der Waals surface area contributed by atoms with Gasteiger partial charge in [0.25, 0.3) is 0 Å². The summed E-state index contributed by atoms with van der Waals surface area (Å²) in [7, 11) is 0. The van der Waals surface area contributed by atoms with Crippen LogP contribution in [0, 0.1) is 5.92 Å². The van der Waals surface area contributed by atoms with Crippen molar-refractivity contribution in [1.82, 2.24) is 0 Å². The van der Waals surface area contributed by atoms with Crippen LogP contribution in [0.15, 0.2) is 24.3 Å². The fourth-order valence-electron chi connectivity index (χ4n) is 1.90. The van der Waals surface area contributed by atoms with Crippen LogP contribution in [0.2, 0.25) is 0 Å². The van der Waals surface area contributed by atoms with E-state index in [0.29, 0.717) is 18.8 Å². The monoisotopic (exact) mass is 268 g/mol. The van der Waals surface area contributed by atoms with Crippen molar-refractivity contribution in [3.05, 3.63) is 24.3 Å². The Morgan fingerprint density at radius 3 is 1.68 bits per heavy atom. The average molecular weight is 268 g/mol. The predicted octanol–water partition coefficient (Wildman–Crippen LogP) is 3.63. The summed E-state index contributed by atoms with van der Waals surface area (Å²) in [5.74, 6) is -1.57. The molecular formula is C15H24O4. The molecule has 0 rings (SSSR count). The molecule has 0 spiro atoms. The van der Waals surface area contributed by atoms with Crippen LogP contribution in [-0.4, -0.2) is 22.2 Å². The summed E-state index contributed by atoms with van der Waals surface area (Å²) in [4.78, 5) is 21.4. The fraction of sp³-hybridized carbons (Fsp3) is 0.600. The van der Waals surface area contributed by atoms with E-state index in [9.17, 15) is 9.59 Å². The molecule has 0 unspecified atom stereocenters. The molecule has 0 saturated carbocycles. The van der Waals surface area contributed by atoms with Crippen LogP contribution in [0.25, 0.3) is 0 Å². The largest absolute Gasteiger partial charge is 0.478 e. The summed E-state index contributed by atoms with van der Waals surface area (Å²) in [5.41, 5.74) is 0.442.